The highest BCUT2D eigenvalue weighted by atomic mass is 32.2. The molecule has 4 nitrogen and oxygen atoms in total. The number of nitrogens with zero attached hydrogens (tertiary/aromatic N) is 1. The van der Waals surface area contributed by atoms with E-state index in [2.05, 4.69) is 0 Å². The fourth-order valence-electron chi connectivity index (χ4n) is 1.43. The molecule has 0 radical (unpaired) electrons. The Hall–Kier alpha value is -1.07. The third kappa shape index (κ3) is 1.20. The van der Waals surface area contributed by atoms with Gasteiger partial charge in [-0.2, -0.15) is 0 Å². The van der Waals surface area contributed by atoms with Gasteiger partial charge in [0.05, 0.1) is 18.6 Å². The zero-order valence-electron chi connectivity index (χ0n) is 7.10. The lowest BCUT2D eigenvalue weighted by atomic mass is 10.2. The highest BCUT2D eigenvalue weighted by Gasteiger charge is 2.33. The molecule has 0 amide bonds. The lowest BCUT2D eigenvalue weighted by molar-refractivity contribution is 0.218. The number of rotatable bonds is 1. The van der Waals surface area contributed by atoms with Crippen molar-refractivity contribution in [1.82, 2.24) is 0 Å². The van der Waals surface area contributed by atoms with Crippen LogP contribution in [-0.4, -0.2) is 15.5 Å². The lowest BCUT2D eigenvalue weighted by Crippen LogP contribution is -2.25. The van der Waals surface area contributed by atoms with Crippen LogP contribution < -0.4 is 4.47 Å². The molecule has 70 valence electrons. The minimum Gasteiger partial charge on any atom is -0.262 e. The van der Waals surface area contributed by atoms with Crippen molar-refractivity contribution in [2.24, 2.45) is 0 Å². The van der Waals surface area contributed by atoms with E-state index in [0.717, 1.165) is 10.0 Å². The van der Waals surface area contributed by atoms with Crippen molar-refractivity contribution in [2.75, 3.05) is 11.6 Å². The first-order valence-electron chi connectivity index (χ1n) is 3.80. The molecule has 0 spiro atoms. The van der Waals surface area contributed by atoms with Crippen LogP contribution in [0.3, 0.4) is 0 Å². The molecule has 1 aliphatic rings. The highest BCUT2D eigenvalue weighted by molar-refractivity contribution is 7.92. The van der Waals surface area contributed by atoms with Crippen LogP contribution >= 0.6 is 0 Å². The second-order valence-corrected chi connectivity index (χ2v) is 4.58. The van der Waals surface area contributed by atoms with Crippen LogP contribution in [0, 0.1) is 0 Å². The molecule has 2 rings (SSSR count). The summed E-state index contributed by atoms with van der Waals surface area (Å²) >= 11 is 0. The predicted molar refractivity (Wildman–Crippen MR) is 48.6 cm³/mol. The summed E-state index contributed by atoms with van der Waals surface area (Å²) in [5.41, 5.74) is 1.40. The topological polar surface area (TPSA) is 46.6 Å². The average Bonchev–Trinajstić information content (AvgIpc) is 2.33. The number of fused-ring (bicyclic) bond motifs is 1. The summed E-state index contributed by atoms with van der Waals surface area (Å²) in [6.07, 6.45) is 0. The van der Waals surface area contributed by atoms with Gasteiger partial charge >= 0.3 is 0 Å². The second-order valence-electron chi connectivity index (χ2n) is 2.79. The van der Waals surface area contributed by atoms with Crippen LogP contribution in [0.4, 0.5) is 5.69 Å². The molecule has 0 saturated heterocycles. The normalized spacial score (nSPS) is 18.7. The van der Waals surface area contributed by atoms with Gasteiger partial charge in [-0.15, -0.1) is 4.47 Å². The van der Waals surface area contributed by atoms with Crippen molar-refractivity contribution in [3.05, 3.63) is 29.8 Å². The van der Waals surface area contributed by atoms with E-state index in [1.807, 2.05) is 6.07 Å². The third-order valence-electron chi connectivity index (χ3n) is 1.94. The zero-order valence-corrected chi connectivity index (χ0v) is 7.91. The lowest BCUT2D eigenvalue weighted by Gasteiger charge is -2.13. The summed E-state index contributed by atoms with van der Waals surface area (Å²) in [6, 6.07) is 7.11. The molecule has 0 unspecified atom stereocenters. The van der Waals surface area contributed by atoms with Gasteiger partial charge in [0.25, 0.3) is 10.0 Å². The molecule has 1 aliphatic heterocycles. The summed E-state index contributed by atoms with van der Waals surface area (Å²) in [5.74, 6) is 0.0248. The molecule has 1 heterocycles. The summed E-state index contributed by atoms with van der Waals surface area (Å²) in [5, 5.41) is 0. The van der Waals surface area contributed by atoms with E-state index in [1.165, 1.54) is 7.11 Å². The van der Waals surface area contributed by atoms with Crippen LogP contribution in [0.5, 0.6) is 0 Å². The molecule has 5 heteroatoms. The smallest absolute Gasteiger partial charge is 0.261 e. The molecule has 1 aromatic carbocycles. The summed E-state index contributed by atoms with van der Waals surface area (Å²) < 4.78 is 23.9. The first-order valence-corrected chi connectivity index (χ1v) is 5.41. The molecule has 0 bridgehead atoms. The number of anilines is 1. The number of benzene rings is 1. The number of para-hydroxylation sites is 1. The van der Waals surface area contributed by atoms with Crippen LogP contribution in [-0.2, 0) is 20.6 Å². The minimum absolute atomic E-state index is 0.0248. The predicted octanol–water partition coefficient (Wildman–Crippen LogP) is 0.898. The second kappa shape index (κ2) is 2.71. The van der Waals surface area contributed by atoms with Gasteiger partial charge in [0, 0.05) is 0 Å². The van der Waals surface area contributed by atoms with Gasteiger partial charge in [-0.3, -0.25) is 4.84 Å². The van der Waals surface area contributed by atoms with E-state index in [1.54, 1.807) is 18.2 Å². The molecule has 13 heavy (non-hydrogen) atoms. The van der Waals surface area contributed by atoms with Crippen molar-refractivity contribution < 1.29 is 13.3 Å². The molecule has 0 aromatic heterocycles. The maximum atomic E-state index is 11.5. The van der Waals surface area contributed by atoms with Crippen molar-refractivity contribution in [1.29, 1.82) is 0 Å². The molecule has 0 atom stereocenters. The van der Waals surface area contributed by atoms with E-state index in [0.29, 0.717) is 5.69 Å². The molecular formula is C8H9NO3S. The van der Waals surface area contributed by atoms with Crippen molar-refractivity contribution in [2.45, 2.75) is 5.75 Å². The Kier molecular flexibility index (Phi) is 1.78. The van der Waals surface area contributed by atoms with Crippen LogP contribution in [0.2, 0.25) is 0 Å². The number of hydrogen-bond donors (Lipinski definition) is 0. The summed E-state index contributed by atoms with van der Waals surface area (Å²) in [7, 11) is -1.94. The van der Waals surface area contributed by atoms with Gasteiger partial charge < -0.3 is 0 Å². The fraction of sp³-hybridized carbons (Fsp3) is 0.250. The van der Waals surface area contributed by atoms with E-state index >= 15 is 0 Å². The van der Waals surface area contributed by atoms with Crippen LogP contribution in [0.1, 0.15) is 5.56 Å². The first-order chi connectivity index (χ1) is 6.15. The first kappa shape index (κ1) is 8.52. The monoisotopic (exact) mass is 199 g/mol. The SMILES string of the molecule is CON1c2ccccc2CS1(=O)=O. The Labute approximate surface area is 76.7 Å². The van der Waals surface area contributed by atoms with E-state index in [-0.39, 0.29) is 5.75 Å². The summed E-state index contributed by atoms with van der Waals surface area (Å²) in [6.45, 7) is 0. The highest BCUT2D eigenvalue weighted by Crippen LogP contribution is 2.32. The minimum atomic E-state index is -3.29. The van der Waals surface area contributed by atoms with Gasteiger partial charge in [-0.25, -0.2) is 8.42 Å². The van der Waals surface area contributed by atoms with Crippen LogP contribution in [0.25, 0.3) is 0 Å². The largest absolute Gasteiger partial charge is 0.262 e. The Bertz CT molecular complexity index is 427. The zero-order chi connectivity index (χ0) is 9.47. The van der Waals surface area contributed by atoms with E-state index < -0.39 is 10.0 Å². The molecule has 1 aromatic rings. The van der Waals surface area contributed by atoms with E-state index in [4.69, 9.17) is 4.84 Å². The molecule has 0 N–H and O–H groups in total. The maximum absolute atomic E-state index is 11.5. The van der Waals surface area contributed by atoms with Gasteiger partial charge in [0.2, 0.25) is 0 Å². The van der Waals surface area contributed by atoms with Gasteiger partial charge in [0.1, 0.15) is 0 Å². The molecule has 0 fully saturated rings. The Balaban J connectivity index is 2.59. The van der Waals surface area contributed by atoms with Gasteiger partial charge in [-0.05, 0) is 11.6 Å². The summed E-state index contributed by atoms with van der Waals surface area (Å²) in [4.78, 5) is 4.80. The fourth-order valence-corrected chi connectivity index (χ4v) is 2.89. The van der Waals surface area contributed by atoms with Gasteiger partial charge in [-0.1, -0.05) is 18.2 Å². The number of sulfonamides is 1. The quantitative estimate of drug-likeness (QED) is 0.675. The maximum Gasteiger partial charge on any atom is 0.261 e. The third-order valence-corrected chi connectivity index (χ3v) is 3.47. The van der Waals surface area contributed by atoms with Crippen molar-refractivity contribution in [3.8, 4) is 0 Å². The molecule has 0 saturated carbocycles. The van der Waals surface area contributed by atoms with Gasteiger partial charge in [0.15, 0.2) is 0 Å². The van der Waals surface area contributed by atoms with E-state index in [9.17, 15) is 8.42 Å². The average molecular weight is 199 g/mol. The Morgan fingerprint density at radius 3 is 2.77 bits per heavy atom. The Morgan fingerprint density at radius 2 is 2.08 bits per heavy atom. The molecule has 0 aliphatic carbocycles. The van der Waals surface area contributed by atoms with Crippen LogP contribution in [0.15, 0.2) is 24.3 Å². The van der Waals surface area contributed by atoms with Crippen molar-refractivity contribution in [3.63, 3.8) is 0 Å². The standard InChI is InChI=1S/C8H9NO3S/c1-12-9-8-5-3-2-4-7(8)6-13(9,10)11/h2-5H,6H2,1H3. The Morgan fingerprint density at radius 1 is 1.38 bits per heavy atom. The van der Waals surface area contributed by atoms with Crippen molar-refractivity contribution >= 4 is 15.7 Å². The molecular weight excluding hydrogens is 190 g/mol. The number of hydrogen-bond acceptors (Lipinski definition) is 3.